The van der Waals surface area contributed by atoms with Gasteiger partial charge in [-0.15, -0.1) is 11.8 Å². The number of ether oxygens (including phenoxy) is 1. The molecule has 0 radical (unpaired) electrons. The van der Waals surface area contributed by atoms with E-state index in [1.54, 1.807) is 0 Å². The number of amides is 1. The first-order chi connectivity index (χ1) is 7.72. The number of carbonyl (C=O) groups excluding carboxylic acids is 1. The van der Waals surface area contributed by atoms with E-state index in [1.165, 1.54) is 6.42 Å². The second-order valence-electron chi connectivity index (χ2n) is 4.45. The molecule has 2 heterocycles. The van der Waals surface area contributed by atoms with Gasteiger partial charge in [-0.2, -0.15) is 0 Å². The van der Waals surface area contributed by atoms with E-state index in [0.717, 1.165) is 24.0 Å². The minimum atomic E-state index is 0.159. The Kier molecular flexibility index (Phi) is 4.56. The predicted octanol–water partition coefficient (Wildman–Crippen LogP) is 1.89. The fourth-order valence-corrected chi connectivity index (χ4v) is 3.80. The van der Waals surface area contributed by atoms with Gasteiger partial charge < -0.3 is 9.64 Å². The van der Waals surface area contributed by atoms with Crippen LogP contribution in [0.5, 0.6) is 0 Å². The van der Waals surface area contributed by atoms with E-state index >= 15 is 0 Å². The van der Waals surface area contributed by atoms with Gasteiger partial charge in [0.1, 0.15) is 0 Å². The Hall–Kier alpha value is 0.260. The zero-order chi connectivity index (χ0) is 11.5. The van der Waals surface area contributed by atoms with Gasteiger partial charge in [-0.05, 0) is 25.5 Å². The average molecular weight is 308 g/mol. The summed E-state index contributed by atoms with van der Waals surface area (Å²) in [6.45, 7) is 3.48. The molecule has 2 rings (SSSR count). The average Bonchev–Trinajstić information content (AvgIpc) is 2.82. The predicted molar refractivity (Wildman–Crippen MR) is 70.2 cm³/mol. The number of hydrogen-bond acceptors (Lipinski definition) is 3. The van der Waals surface area contributed by atoms with E-state index in [4.69, 9.17) is 4.74 Å². The van der Waals surface area contributed by atoms with E-state index in [1.807, 2.05) is 16.7 Å². The van der Waals surface area contributed by atoms with Crippen LogP contribution in [0.3, 0.4) is 0 Å². The minimum absolute atomic E-state index is 0.159. The zero-order valence-electron chi connectivity index (χ0n) is 9.52. The van der Waals surface area contributed by atoms with Gasteiger partial charge >= 0.3 is 0 Å². The normalized spacial score (nSPS) is 35.4. The molecule has 0 spiro atoms. The molecular weight excluding hydrogens is 290 g/mol. The molecule has 0 aromatic carbocycles. The van der Waals surface area contributed by atoms with Gasteiger partial charge in [0, 0.05) is 11.9 Å². The summed E-state index contributed by atoms with van der Waals surface area (Å²) < 4.78 is 5.63. The summed E-state index contributed by atoms with van der Waals surface area (Å²) in [5.41, 5.74) is 0. The van der Waals surface area contributed by atoms with E-state index in [-0.39, 0.29) is 17.4 Å². The lowest BCUT2D eigenvalue weighted by atomic mass is 10.1. The Bertz CT molecular complexity index is 258. The van der Waals surface area contributed by atoms with Crippen molar-refractivity contribution >= 4 is 33.6 Å². The quantitative estimate of drug-likeness (QED) is 0.730. The monoisotopic (exact) mass is 307 g/mol. The van der Waals surface area contributed by atoms with Gasteiger partial charge in [-0.1, -0.05) is 15.9 Å². The smallest absolute Gasteiger partial charge is 0.236 e. The number of nitrogens with zero attached hydrogens (tertiary/aromatic N) is 1. The van der Waals surface area contributed by atoms with Crippen molar-refractivity contribution in [1.82, 2.24) is 4.90 Å². The molecule has 0 saturated carbocycles. The molecule has 1 amide bonds. The highest BCUT2D eigenvalue weighted by Gasteiger charge is 2.34. The summed E-state index contributed by atoms with van der Waals surface area (Å²) in [4.78, 5) is 14.3. The Morgan fingerprint density at radius 1 is 1.62 bits per heavy atom. The minimum Gasteiger partial charge on any atom is -0.373 e. The fourth-order valence-electron chi connectivity index (χ4n) is 2.18. The molecule has 92 valence electrons. The number of carbonyl (C=O) groups is 1. The molecule has 2 fully saturated rings. The lowest BCUT2D eigenvalue weighted by molar-refractivity contribution is -0.142. The second-order valence-corrected chi connectivity index (χ2v) is 6.41. The van der Waals surface area contributed by atoms with Gasteiger partial charge in [-0.25, -0.2) is 0 Å². The molecule has 0 N–H and O–H groups in total. The topological polar surface area (TPSA) is 29.5 Å². The first kappa shape index (κ1) is 12.7. The second kappa shape index (κ2) is 5.74. The van der Waals surface area contributed by atoms with Gasteiger partial charge in [0.05, 0.1) is 24.0 Å². The molecule has 0 aromatic heterocycles. The largest absolute Gasteiger partial charge is 0.373 e. The zero-order valence-corrected chi connectivity index (χ0v) is 11.9. The Morgan fingerprint density at radius 2 is 2.44 bits per heavy atom. The van der Waals surface area contributed by atoms with Crippen LogP contribution in [-0.4, -0.2) is 52.4 Å². The lowest BCUT2D eigenvalue weighted by Gasteiger charge is -2.38. The molecule has 3 nitrogen and oxygen atoms in total. The van der Waals surface area contributed by atoms with Crippen molar-refractivity contribution in [3.63, 3.8) is 0 Å². The highest BCUT2D eigenvalue weighted by atomic mass is 79.9. The molecule has 3 unspecified atom stereocenters. The van der Waals surface area contributed by atoms with Crippen molar-refractivity contribution in [2.45, 2.75) is 37.2 Å². The summed E-state index contributed by atoms with van der Waals surface area (Å²) in [6.07, 6.45) is 2.39. The van der Waals surface area contributed by atoms with E-state index in [2.05, 4.69) is 22.9 Å². The first-order valence-electron chi connectivity index (χ1n) is 5.82. The maximum Gasteiger partial charge on any atom is 0.236 e. The van der Waals surface area contributed by atoms with Crippen LogP contribution in [0.1, 0.15) is 19.8 Å². The van der Waals surface area contributed by atoms with Crippen LogP contribution in [0.15, 0.2) is 0 Å². The summed E-state index contributed by atoms with van der Waals surface area (Å²) in [5.74, 6) is 1.46. The molecule has 3 atom stereocenters. The number of hydrogen-bond donors (Lipinski definition) is 0. The fraction of sp³-hybridized carbons (Fsp3) is 0.909. The Labute approximate surface area is 109 Å². The number of morpholine rings is 1. The van der Waals surface area contributed by atoms with Crippen molar-refractivity contribution in [2.24, 2.45) is 0 Å². The molecule has 0 aromatic rings. The van der Waals surface area contributed by atoms with Crippen LogP contribution in [0.25, 0.3) is 0 Å². The number of rotatable bonds is 2. The van der Waals surface area contributed by atoms with Crippen molar-refractivity contribution in [1.29, 1.82) is 0 Å². The maximum absolute atomic E-state index is 12.3. The van der Waals surface area contributed by atoms with Gasteiger partial charge in [0.15, 0.2) is 0 Å². The molecule has 2 saturated heterocycles. The van der Waals surface area contributed by atoms with Crippen LogP contribution in [-0.2, 0) is 9.53 Å². The summed E-state index contributed by atoms with van der Waals surface area (Å²) in [6, 6.07) is 0.226. The van der Waals surface area contributed by atoms with Crippen molar-refractivity contribution in [2.75, 3.05) is 24.2 Å². The SMILES string of the molecule is CC1COC(CBr)CN1C(=O)C1CCCS1. The van der Waals surface area contributed by atoms with Crippen LogP contribution in [0, 0.1) is 0 Å². The van der Waals surface area contributed by atoms with Crippen molar-refractivity contribution in [3.05, 3.63) is 0 Å². The van der Waals surface area contributed by atoms with Crippen molar-refractivity contribution < 1.29 is 9.53 Å². The highest BCUT2D eigenvalue weighted by molar-refractivity contribution is 9.09. The van der Waals surface area contributed by atoms with Gasteiger partial charge in [0.25, 0.3) is 0 Å². The third-order valence-corrected chi connectivity index (χ3v) is 5.25. The van der Waals surface area contributed by atoms with Gasteiger partial charge in [-0.3, -0.25) is 4.79 Å². The number of thioether (sulfide) groups is 1. The van der Waals surface area contributed by atoms with Crippen LogP contribution in [0.2, 0.25) is 0 Å². The third-order valence-electron chi connectivity index (χ3n) is 3.17. The maximum atomic E-state index is 12.3. The molecule has 2 aliphatic heterocycles. The summed E-state index contributed by atoms with van der Waals surface area (Å²) in [5, 5.41) is 1.01. The van der Waals surface area contributed by atoms with Crippen LogP contribution >= 0.6 is 27.7 Å². The third kappa shape index (κ3) is 2.74. The number of halogens is 1. The Balaban J connectivity index is 1.97. The molecule has 16 heavy (non-hydrogen) atoms. The molecule has 0 bridgehead atoms. The Morgan fingerprint density at radius 3 is 3.06 bits per heavy atom. The van der Waals surface area contributed by atoms with Crippen LogP contribution in [0.4, 0.5) is 0 Å². The standard InChI is InChI=1S/C11H18BrNO2S/c1-8-7-15-9(5-12)6-13(8)11(14)10-3-2-4-16-10/h8-10H,2-7H2,1H3. The molecular formula is C11H18BrNO2S. The highest BCUT2D eigenvalue weighted by Crippen LogP contribution is 2.29. The first-order valence-corrected chi connectivity index (χ1v) is 7.99. The molecule has 0 aliphatic carbocycles. The van der Waals surface area contributed by atoms with E-state index < -0.39 is 0 Å². The number of alkyl halides is 1. The van der Waals surface area contributed by atoms with Crippen LogP contribution < -0.4 is 0 Å². The summed E-state index contributed by atoms with van der Waals surface area (Å²) >= 11 is 5.23. The lowest BCUT2D eigenvalue weighted by Crippen LogP contribution is -2.53. The van der Waals surface area contributed by atoms with Crippen molar-refractivity contribution in [3.8, 4) is 0 Å². The molecule has 2 aliphatic rings. The molecule has 5 heteroatoms. The summed E-state index contributed by atoms with van der Waals surface area (Å²) in [7, 11) is 0. The van der Waals surface area contributed by atoms with E-state index in [9.17, 15) is 4.79 Å². The van der Waals surface area contributed by atoms with Gasteiger partial charge in [0.2, 0.25) is 5.91 Å². The van der Waals surface area contributed by atoms with E-state index in [0.29, 0.717) is 12.5 Å².